The van der Waals surface area contributed by atoms with Crippen molar-refractivity contribution in [2.45, 2.75) is 18.7 Å². The molecular weight excluding hydrogens is 328 g/mol. The number of para-hydroxylation sites is 1. The van der Waals surface area contributed by atoms with E-state index in [-0.39, 0.29) is 4.90 Å². The molecule has 1 amide bonds. The van der Waals surface area contributed by atoms with E-state index in [9.17, 15) is 13.2 Å². The zero-order valence-electron chi connectivity index (χ0n) is 13.6. The van der Waals surface area contributed by atoms with E-state index >= 15 is 0 Å². The number of sulfonamides is 1. The normalized spacial score (nSPS) is 11.1. The molecule has 6 nitrogen and oxygen atoms in total. The summed E-state index contributed by atoms with van der Waals surface area (Å²) in [5.74, 6) is -0.420. The molecule has 2 aromatic carbocycles. The summed E-state index contributed by atoms with van der Waals surface area (Å²) in [5, 5.41) is 0. The summed E-state index contributed by atoms with van der Waals surface area (Å²) >= 11 is 0. The molecule has 0 aliphatic carbocycles. The fraction of sp³-hybridized carbons (Fsp3) is 0.235. The van der Waals surface area contributed by atoms with Gasteiger partial charge in [-0.15, -0.1) is 0 Å². The van der Waals surface area contributed by atoms with Gasteiger partial charge in [0.25, 0.3) is 15.9 Å². The molecule has 0 aliphatic heterocycles. The maximum atomic E-state index is 12.8. The topological polar surface area (TPSA) is 75.7 Å². The Bertz CT molecular complexity index is 774. The number of hydrogen-bond donors (Lipinski definition) is 1. The van der Waals surface area contributed by atoms with Crippen LogP contribution in [-0.4, -0.2) is 27.5 Å². The molecule has 0 saturated heterocycles. The molecule has 0 aliphatic rings. The van der Waals surface area contributed by atoms with Crippen molar-refractivity contribution in [2.75, 3.05) is 17.5 Å². The Morgan fingerprint density at radius 1 is 1.04 bits per heavy atom. The predicted octanol–water partition coefficient (Wildman–Crippen LogP) is 2.58. The standard InChI is InChI=1S/C17H20N2O4S/c1-3-19(15-8-6-5-7-9-15)24(21,22)16-12-10-14(11-13-16)17(20)18-23-4-2/h5-13H,3-4H2,1-2H3,(H,18,20). The Balaban J connectivity index is 2.27. The minimum absolute atomic E-state index is 0.126. The highest BCUT2D eigenvalue weighted by atomic mass is 32.2. The molecule has 1 N–H and O–H groups in total. The Morgan fingerprint density at radius 3 is 2.21 bits per heavy atom. The van der Waals surface area contributed by atoms with Crippen LogP contribution in [-0.2, 0) is 14.9 Å². The van der Waals surface area contributed by atoms with E-state index in [1.807, 2.05) is 6.07 Å². The van der Waals surface area contributed by atoms with Crippen molar-refractivity contribution in [1.82, 2.24) is 5.48 Å². The number of benzene rings is 2. The van der Waals surface area contributed by atoms with Gasteiger partial charge in [0.05, 0.1) is 17.2 Å². The molecule has 0 atom stereocenters. The second-order valence-corrected chi connectivity index (χ2v) is 6.76. The minimum atomic E-state index is -3.69. The molecule has 0 aromatic heterocycles. The van der Waals surface area contributed by atoms with Crippen molar-refractivity contribution in [3.8, 4) is 0 Å². The van der Waals surface area contributed by atoms with Crippen LogP contribution >= 0.6 is 0 Å². The molecule has 128 valence electrons. The van der Waals surface area contributed by atoms with E-state index in [1.54, 1.807) is 38.1 Å². The number of hydroxylamine groups is 1. The molecule has 0 radical (unpaired) electrons. The lowest BCUT2D eigenvalue weighted by Gasteiger charge is -2.22. The van der Waals surface area contributed by atoms with Gasteiger partial charge in [0.2, 0.25) is 0 Å². The van der Waals surface area contributed by atoms with Crippen molar-refractivity contribution in [1.29, 1.82) is 0 Å². The lowest BCUT2D eigenvalue weighted by molar-refractivity contribution is 0.0364. The number of carbonyl (C=O) groups is 1. The summed E-state index contributed by atoms with van der Waals surface area (Å²) in [6.45, 7) is 4.17. The van der Waals surface area contributed by atoms with Crippen LogP contribution in [0, 0.1) is 0 Å². The number of rotatable bonds is 7. The quantitative estimate of drug-likeness (QED) is 0.780. The van der Waals surface area contributed by atoms with Crippen molar-refractivity contribution < 1.29 is 18.0 Å². The molecule has 0 spiro atoms. The number of nitrogens with one attached hydrogen (secondary N) is 1. The third-order valence-corrected chi connectivity index (χ3v) is 5.26. The SMILES string of the molecule is CCONC(=O)c1ccc(S(=O)(=O)N(CC)c2ccccc2)cc1. The number of amides is 1. The van der Waals surface area contributed by atoms with E-state index in [1.165, 1.54) is 28.6 Å². The highest BCUT2D eigenvalue weighted by Gasteiger charge is 2.23. The van der Waals surface area contributed by atoms with Gasteiger partial charge in [0.15, 0.2) is 0 Å². The molecular formula is C17H20N2O4S. The lowest BCUT2D eigenvalue weighted by Crippen LogP contribution is -2.30. The average Bonchev–Trinajstić information content (AvgIpc) is 2.61. The summed E-state index contributed by atoms with van der Waals surface area (Å²) in [5.41, 5.74) is 3.19. The van der Waals surface area contributed by atoms with Crippen LogP contribution < -0.4 is 9.79 Å². The highest BCUT2D eigenvalue weighted by Crippen LogP contribution is 2.23. The van der Waals surface area contributed by atoms with E-state index in [0.717, 1.165) is 0 Å². The van der Waals surface area contributed by atoms with Crippen LogP contribution in [0.15, 0.2) is 59.5 Å². The molecule has 0 saturated carbocycles. The van der Waals surface area contributed by atoms with E-state index in [0.29, 0.717) is 24.4 Å². The first-order chi connectivity index (χ1) is 11.5. The van der Waals surface area contributed by atoms with E-state index in [4.69, 9.17) is 4.84 Å². The van der Waals surface area contributed by atoms with E-state index < -0.39 is 15.9 Å². The maximum Gasteiger partial charge on any atom is 0.274 e. The van der Waals surface area contributed by atoms with Crippen molar-refractivity contribution in [3.05, 3.63) is 60.2 Å². The highest BCUT2D eigenvalue weighted by molar-refractivity contribution is 7.92. The van der Waals surface area contributed by atoms with Crippen LogP contribution in [0.4, 0.5) is 5.69 Å². The first-order valence-electron chi connectivity index (χ1n) is 7.60. The molecule has 2 rings (SSSR count). The minimum Gasteiger partial charge on any atom is -0.274 e. The molecule has 7 heteroatoms. The Labute approximate surface area is 142 Å². The first-order valence-corrected chi connectivity index (χ1v) is 9.04. The lowest BCUT2D eigenvalue weighted by atomic mass is 10.2. The first kappa shape index (κ1) is 18.0. The Morgan fingerprint density at radius 2 is 1.67 bits per heavy atom. The zero-order chi connectivity index (χ0) is 17.6. The fourth-order valence-electron chi connectivity index (χ4n) is 2.19. The van der Waals surface area contributed by atoms with Crippen molar-refractivity contribution in [2.24, 2.45) is 0 Å². The van der Waals surface area contributed by atoms with Crippen LogP contribution in [0.25, 0.3) is 0 Å². The van der Waals surface area contributed by atoms with Gasteiger partial charge in [-0.25, -0.2) is 13.9 Å². The summed E-state index contributed by atoms with van der Waals surface area (Å²) in [7, 11) is -3.69. The third-order valence-electron chi connectivity index (χ3n) is 3.35. The second-order valence-electron chi connectivity index (χ2n) is 4.89. The molecule has 0 fully saturated rings. The van der Waals surface area contributed by atoms with Gasteiger partial charge in [-0.1, -0.05) is 18.2 Å². The average molecular weight is 348 g/mol. The van der Waals surface area contributed by atoms with E-state index in [2.05, 4.69) is 5.48 Å². The van der Waals surface area contributed by atoms with Crippen LogP contribution in [0.1, 0.15) is 24.2 Å². The number of carbonyl (C=O) groups excluding carboxylic acids is 1. The number of nitrogens with zero attached hydrogens (tertiary/aromatic N) is 1. The maximum absolute atomic E-state index is 12.8. The van der Waals surface area contributed by atoms with Gasteiger partial charge in [-0.05, 0) is 50.2 Å². The summed E-state index contributed by atoms with van der Waals surface area (Å²) < 4.78 is 27.0. The van der Waals surface area contributed by atoms with Crippen LogP contribution in [0.2, 0.25) is 0 Å². The summed E-state index contributed by atoms with van der Waals surface area (Å²) in [6.07, 6.45) is 0. The van der Waals surface area contributed by atoms with Gasteiger partial charge in [0.1, 0.15) is 0 Å². The van der Waals surface area contributed by atoms with Gasteiger partial charge >= 0.3 is 0 Å². The second kappa shape index (κ2) is 7.94. The third kappa shape index (κ3) is 3.93. The van der Waals surface area contributed by atoms with Crippen molar-refractivity contribution in [3.63, 3.8) is 0 Å². The molecule has 0 unspecified atom stereocenters. The molecule has 24 heavy (non-hydrogen) atoms. The monoisotopic (exact) mass is 348 g/mol. The van der Waals surface area contributed by atoms with Crippen LogP contribution in [0.5, 0.6) is 0 Å². The zero-order valence-corrected chi connectivity index (χ0v) is 14.4. The fourth-order valence-corrected chi connectivity index (χ4v) is 3.66. The van der Waals surface area contributed by atoms with Crippen molar-refractivity contribution >= 4 is 21.6 Å². The van der Waals surface area contributed by atoms with Gasteiger partial charge in [-0.3, -0.25) is 13.9 Å². The van der Waals surface area contributed by atoms with Gasteiger partial charge < -0.3 is 0 Å². The summed E-state index contributed by atoms with van der Waals surface area (Å²) in [4.78, 5) is 16.7. The number of anilines is 1. The van der Waals surface area contributed by atoms with Gasteiger partial charge in [0, 0.05) is 12.1 Å². The molecule has 2 aromatic rings. The predicted molar refractivity (Wildman–Crippen MR) is 92.2 cm³/mol. The largest absolute Gasteiger partial charge is 0.274 e. The Hall–Kier alpha value is -2.38. The summed E-state index contributed by atoms with van der Waals surface area (Å²) in [6, 6.07) is 14.6. The smallest absolute Gasteiger partial charge is 0.274 e. The molecule has 0 bridgehead atoms. The van der Waals surface area contributed by atoms with Crippen LogP contribution in [0.3, 0.4) is 0 Å². The number of hydrogen-bond acceptors (Lipinski definition) is 4. The van der Waals surface area contributed by atoms with Gasteiger partial charge in [-0.2, -0.15) is 0 Å². The Kier molecular flexibility index (Phi) is 5.94. The molecule has 0 heterocycles.